The number of carbonyl (C=O) groups excluding carboxylic acids is 3. The summed E-state index contributed by atoms with van der Waals surface area (Å²) >= 11 is 9.54. The Bertz CT molecular complexity index is 1750. The predicted octanol–water partition coefficient (Wildman–Crippen LogP) is 6.71. The van der Waals surface area contributed by atoms with Crippen LogP contribution in [0.25, 0.3) is 6.08 Å². The number of anilines is 3. The Morgan fingerprint density at radius 3 is 2.39 bits per heavy atom. The highest BCUT2D eigenvalue weighted by Gasteiger charge is 2.70. The Balaban J connectivity index is 1.48. The second kappa shape index (κ2) is 9.72. The van der Waals surface area contributed by atoms with Crippen molar-refractivity contribution in [1.29, 1.82) is 0 Å². The van der Waals surface area contributed by atoms with E-state index in [1.807, 2.05) is 65.6 Å². The van der Waals surface area contributed by atoms with Crippen LogP contribution in [0, 0.1) is 5.92 Å². The third-order valence-electron chi connectivity index (χ3n) is 8.33. The first-order chi connectivity index (χ1) is 19.9. The van der Waals surface area contributed by atoms with Gasteiger partial charge in [0.2, 0.25) is 11.8 Å². The third-order valence-corrected chi connectivity index (χ3v) is 9.11. The van der Waals surface area contributed by atoms with Gasteiger partial charge in [-0.1, -0.05) is 88.2 Å². The summed E-state index contributed by atoms with van der Waals surface area (Å²) in [7, 11) is 0. The molecule has 7 rings (SSSR count). The van der Waals surface area contributed by atoms with Crippen molar-refractivity contribution in [3.05, 3.63) is 129 Å². The lowest BCUT2D eigenvalue weighted by Crippen LogP contribution is -2.51. The van der Waals surface area contributed by atoms with Crippen molar-refractivity contribution in [3.63, 3.8) is 0 Å². The molecule has 3 aliphatic rings. The molecule has 2 N–H and O–H groups in total. The molecule has 6 nitrogen and oxygen atoms in total. The van der Waals surface area contributed by atoms with Crippen LogP contribution in [-0.2, 0) is 15.0 Å². The minimum absolute atomic E-state index is 0.277. The van der Waals surface area contributed by atoms with E-state index < -0.39 is 23.4 Å². The molecule has 41 heavy (non-hydrogen) atoms. The van der Waals surface area contributed by atoms with Crippen molar-refractivity contribution >= 4 is 68.3 Å². The van der Waals surface area contributed by atoms with Gasteiger partial charge in [0.05, 0.1) is 12.0 Å². The number of carbonyl (C=O) groups is 3. The average molecular weight is 625 g/mol. The number of fused-ring (bicyclic) bond motifs is 6. The number of halogens is 2. The quantitative estimate of drug-likeness (QED) is 0.247. The number of ketones is 1. The molecular formula is C33H23BrClN3O3. The van der Waals surface area contributed by atoms with E-state index in [0.29, 0.717) is 27.5 Å². The molecule has 3 heterocycles. The maximum Gasteiger partial charge on any atom is 0.247 e. The van der Waals surface area contributed by atoms with Crippen molar-refractivity contribution < 1.29 is 14.4 Å². The Morgan fingerprint density at radius 2 is 1.61 bits per heavy atom. The molecule has 1 spiro atoms. The van der Waals surface area contributed by atoms with Crippen LogP contribution >= 0.6 is 27.5 Å². The van der Waals surface area contributed by atoms with E-state index in [-0.39, 0.29) is 17.6 Å². The molecule has 4 aromatic rings. The van der Waals surface area contributed by atoms with Crippen LogP contribution in [0.2, 0.25) is 5.02 Å². The van der Waals surface area contributed by atoms with Gasteiger partial charge in [0.15, 0.2) is 5.78 Å². The van der Waals surface area contributed by atoms with E-state index in [0.717, 1.165) is 15.7 Å². The minimum Gasteiger partial charge on any atom is -0.350 e. The molecule has 0 aromatic heterocycles. The number of rotatable bonds is 4. The fraction of sp³-hybridized carbons (Fsp3) is 0.121. The molecular weight excluding hydrogens is 602 g/mol. The molecule has 3 aliphatic heterocycles. The number of hydrogen-bond donors (Lipinski definition) is 2. The fourth-order valence-electron chi connectivity index (χ4n) is 6.66. The summed E-state index contributed by atoms with van der Waals surface area (Å²) in [6.07, 6.45) is 3.94. The normalized spacial score (nSPS) is 23.5. The van der Waals surface area contributed by atoms with E-state index in [1.165, 1.54) is 0 Å². The van der Waals surface area contributed by atoms with Crippen LogP contribution in [0.5, 0.6) is 0 Å². The van der Waals surface area contributed by atoms with Crippen LogP contribution < -0.4 is 15.5 Å². The van der Waals surface area contributed by atoms with Crippen LogP contribution in [0.1, 0.15) is 21.5 Å². The van der Waals surface area contributed by atoms with Crippen LogP contribution in [0.4, 0.5) is 17.1 Å². The molecule has 4 aromatic carbocycles. The van der Waals surface area contributed by atoms with E-state index in [4.69, 9.17) is 11.6 Å². The lowest BCUT2D eigenvalue weighted by Gasteiger charge is -2.37. The van der Waals surface area contributed by atoms with E-state index in [9.17, 15) is 14.4 Å². The van der Waals surface area contributed by atoms with Crippen LogP contribution in [-0.4, -0.2) is 29.7 Å². The number of hydrogen-bond acceptors (Lipinski definition) is 4. The molecule has 0 bridgehead atoms. The number of Topliss-reactive ketones (excluding diaryl/α,β-unsaturated/α-hetero) is 1. The molecule has 202 valence electrons. The zero-order chi connectivity index (χ0) is 28.3. The molecule has 0 saturated carbocycles. The summed E-state index contributed by atoms with van der Waals surface area (Å²) in [6.45, 7) is 0. The molecule has 0 aliphatic carbocycles. The first kappa shape index (κ1) is 25.7. The summed E-state index contributed by atoms with van der Waals surface area (Å²) in [6, 6.07) is 27.5. The van der Waals surface area contributed by atoms with Gasteiger partial charge in [-0.3, -0.25) is 14.4 Å². The van der Waals surface area contributed by atoms with Crippen molar-refractivity contribution in [2.75, 3.05) is 15.5 Å². The largest absolute Gasteiger partial charge is 0.350 e. The first-order valence-corrected chi connectivity index (χ1v) is 14.4. The molecule has 1 saturated heterocycles. The van der Waals surface area contributed by atoms with Gasteiger partial charge < -0.3 is 15.5 Å². The number of amides is 2. The smallest absolute Gasteiger partial charge is 0.247 e. The van der Waals surface area contributed by atoms with Crippen molar-refractivity contribution in [3.8, 4) is 0 Å². The zero-order valence-corrected chi connectivity index (χ0v) is 23.9. The monoisotopic (exact) mass is 623 g/mol. The first-order valence-electron chi connectivity index (χ1n) is 13.2. The maximum atomic E-state index is 14.7. The predicted molar refractivity (Wildman–Crippen MR) is 164 cm³/mol. The molecule has 0 radical (unpaired) electrons. The standard InChI is InChI=1S/C33H23BrClN3O3/c34-21-12-9-20(10-13-21)30(39)28-29(31(40)36-23-16-14-22(35)15-17-23)38-26-8-4-1-5-19(26)11-18-27(38)33(28)24-6-2-3-7-25(24)37-32(33)41/h1-18,27-29H,(H,36,40)(H,37,41)/t27?,28-,29-,33-/m0/s1. The van der Waals surface area contributed by atoms with Crippen molar-refractivity contribution in [1.82, 2.24) is 0 Å². The highest BCUT2D eigenvalue weighted by Crippen LogP contribution is 2.57. The van der Waals surface area contributed by atoms with Gasteiger partial charge in [0, 0.05) is 32.1 Å². The van der Waals surface area contributed by atoms with Crippen molar-refractivity contribution in [2.24, 2.45) is 5.92 Å². The minimum atomic E-state index is -1.35. The molecule has 1 fully saturated rings. The zero-order valence-electron chi connectivity index (χ0n) is 21.6. The number of benzene rings is 4. The molecule has 1 unspecified atom stereocenters. The topological polar surface area (TPSA) is 78.5 Å². The molecule has 2 amide bonds. The average Bonchev–Trinajstić information content (AvgIpc) is 3.47. The Kier molecular flexibility index (Phi) is 6.10. The number of para-hydroxylation sites is 2. The third kappa shape index (κ3) is 3.87. The highest BCUT2D eigenvalue weighted by atomic mass is 79.9. The fourth-order valence-corrected chi connectivity index (χ4v) is 7.05. The Labute approximate surface area is 250 Å². The maximum absolute atomic E-state index is 14.7. The van der Waals surface area contributed by atoms with Gasteiger partial charge in [0.25, 0.3) is 0 Å². The van der Waals surface area contributed by atoms with Gasteiger partial charge in [-0.2, -0.15) is 0 Å². The van der Waals surface area contributed by atoms with E-state index in [2.05, 4.69) is 26.6 Å². The molecule has 8 heteroatoms. The van der Waals surface area contributed by atoms with Gasteiger partial charge in [-0.25, -0.2) is 0 Å². The number of nitrogens with one attached hydrogen (secondary N) is 2. The summed E-state index contributed by atoms with van der Waals surface area (Å²) in [4.78, 5) is 45.4. The Morgan fingerprint density at radius 1 is 0.902 bits per heavy atom. The van der Waals surface area contributed by atoms with Gasteiger partial charge in [0.1, 0.15) is 11.5 Å². The van der Waals surface area contributed by atoms with E-state index >= 15 is 0 Å². The highest BCUT2D eigenvalue weighted by molar-refractivity contribution is 9.10. The van der Waals surface area contributed by atoms with Gasteiger partial charge in [-0.05, 0) is 59.7 Å². The van der Waals surface area contributed by atoms with Crippen LogP contribution in [0.3, 0.4) is 0 Å². The van der Waals surface area contributed by atoms with E-state index in [1.54, 1.807) is 48.5 Å². The van der Waals surface area contributed by atoms with Crippen molar-refractivity contribution in [2.45, 2.75) is 17.5 Å². The van der Waals surface area contributed by atoms with Gasteiger partial charge >= 0.3 is 0 Å². The van der Waals surface area contributed by atoms with Crippen LogP contribution in [0.15, 0.2) is 108 Å². The Hall–Kier alpha value is -4.20. The SMILES string of the molecule is O=C(Nc1ccc(Cl)cc1)[C@@H]1[C@@H](C(=O)c2ccc(Br)cc2)[C@@]2(C(=O)Nc3ccccc32)C2C=Cc3ccccc3N21. The summed E-state index contributed by atoms with van der Waals surface area (Å²) in [5.41, 5.74) is 2.68. The molecule has 4 atom stereocenters. The summed E-state index contributed by atoms with van der Waals surface area (Å²) in [5, 5.41) is 6.60. The number of nitrogens with zero attached hydrogens (tertiary/aromatic N) is 1. The second-order valence-corrected chi connectivity index (χ2v) is 11.8. The van der Waals surface area contributed by atoms with Gasteiger partial charge in [-0.15, -0.1) is 0 Å². The summed E-state index contributed by atoms with van der Waals surface area (Å²) in [5.74, 6) is -2.00. The lowest BCUT2D eigenvalue weighted by atomic mass is 9.64. The lowest BCUT2D eigenvalue weighted by molar-refractivity contribution is -0.122. The summed E-state index contributed by atoms with van der Waals surface area (Å²) < 4.78 is 0.824. The second-order valence-electron chi connectivity index (χ2n) is 10.4.